The summed E-state index contributed by atoms with van der Waals surface area (Å²) >= 11 is 2.13. The molecule has 0 aromatic carbocycles. The lowest BCUT2D eigenvalue weighted by Gasteiger charge is -1.79. The van der Waals surface area contributed by atoms with Crippen LogP contribution < -0.4 is 0 Å². The minimum atomic E-state index is 0.997. The van der Waals surface area contributed by atoms with Crippen molar-refractivity contribution in [3.05, 3.63) is 22.1 Å². The van der Waals surface area contributed by atoms with E-state index in [0.29, 0.717) is 0 Å². The van der Waals surface area contributed by atoms with Gasteiger partial charge in [-0.25, -0.2) is 9.98 Å². The monoisotopic (exact) mass is 230 g/mol. The predicted molar refractivity (Wildman–Crippen MR) is 46.1 cm³/mol. The summed E-state index contributed by atoms with van der Waals surface area (Å²) in [5.74, 6) is 5.27. The molecule has 0 amide bonds. The molecule has 0 aliphatic carbocycles. The highest BCUT2D eigenvalue weighted by Gasteiger charge is 1.79. The molecule has 0 saturated heterocycles. The Kier molecular flexibility index (Phi) is 2.46. The fraction of sp³-hybridized carbons (Fsp3) is 0. The van der Waals surface area contributed by atoms with Crippen LogP contribution in [0.5, 0.6) is 0 Å². The van der Waals surface area contributed by atoms with E-state index >= 15 is 0 Å². The molecular formula is C6H3IN2. The number of aliphatic imine (C=N–C) groups is 2. The highest BCUT2D eigenvalue weighted by atomic mass is 127. The van der Waals surface area contributed by atoms with Crippen molar-refractivity contribution in [2.24, 2.45) is 9.98 Å². The third-order valence-corrected chi connectivity index (χ3v) is 1.25. The maximum Gasteiger partial charge on any atom is 0.0981 e. The van der Waals surface area contributed by atoms with Crippen LogP contribution in [0.3, 0.4) is 0 Å². The largest absolute Gasteiger partial charge is 0.211 e. The molecule has 0 radical (unpaired) electrons. The van der Waals surface area contributed by atoms with Crippen molar-refractivity contribution < 1.29 is 0 Å². The number of halogens is 1. The number of hydrogen-bond acceptors (Lipinski definition) is 2. The number of nitrogens with zero attached hydrogens (tertiary/aromatic N) is 2. The zero-order chi connectivity index (χ0) is 6.53. The summed E-state index contributed by atoms with van der Waals surface area (Å²) in [6.07, 6.45) is 4.91. The molecule has 1 aliphatic rings. The number of hydrogen-bond donors (Lipinski definition) is 0. The van der Waals surface area contributed by atoms with Crippen molar-refractivity contribution in [3.63, 3.8) is 0 Å². The number of rotatable bonds is 0. The molecule has 0 N–H and O–H groups in total. The molecule has 0 aromatic heterocycles. The molecule has 1 heterocycles. The molecule has 0 fully saturated rings. The SMILES string of the molecule is I/C1=C/N=C=CN=C=C1. The maximum absolute atomic E-state index is 3.77. The van der Waals surface area contributed by atoms with E-state index in [4.69, 9.17) is 0 Å². The average Bonchev–Trinajstić information content (AvgIpc) is 1.79. The summed E-state index contributed by atoms with van der Waals surface area (Å²) in [6.45, 7) is 0. The van der Waals surface area contributed by atoms with Crippen LogP contribution in [0.2, 0.25) is 0 Å². The second-order valence-corrected chi connectivity index (χ2v) is 2.55. The summed E-state index contributed by atoms with van der Waals surface area (Å²) in [4.78, 5) is 7.47. The zero-order valence-electron chi connectivity index (χ0n) is 4.50. The van der Waals surface area contributed by atoms with Crippen LogP contribution in [0.25, 0.3) is 0 Å². The zero-order valence-corrected chi connectivity index (χ0v) is 6.66. The highest BCUT2D eigenvalue weighted by Crippen LogP contribution is 2.05. The third-order valence-electron chi connectivity index (χ3n) is 0.662. The van der Waals surface area contributed by atoms with Gasteiger partial charge in [0.05, 0.1) is 12.4 Å². The van der Waals surface area contributed by atoms with E-state index in [1.807, 2.05) is 0 Å². The summed E-state index contributed by atoms with van der Waals surface area (Å²) < 4.78 is 0.997. The minimum absolute atomic E-state index is 0.997. The molecule has 0 bridgehead atoms. The van der Waals surface area contributed by atoms with Crippen molar-refractivity contribution in [2.45, 2.75) is 0 Å². The van der Waals surface area contributed by atoms with Gasteiger partial charge in [0, 0.05) is 15.5 Å². The van der Waals surface area contributed by atoms with Crippen molar-refractivity contribution in [3.8, 4) is 0 Å². The van der Waals surface area contributed by atoms with Crippen molar-refractivity contribution in [1.29, 1.82) is 0 Å². The van der Waals surface area contributed by atoms with Gasteiger partial charge in [0.15, 0.2) is 0 Å². The van der Waals surface area contributed by atoms with Gasteiger partial charge in [-0.3, -0.25) is 0 Å². The Hall–Kier alpha value is -0.630. The Morgan fingerprint density at radius 1 is 1.33 bits per heavy atom. The van der Waals surface area contributed by atoms with E-state index in [9.17, 15) is 0 Å². The average molecular weight is 230 g/mol. The van der Waals surface area contributed by atoms with Crippen LogP contribution in [-0.4, -0.2) is 11.7 Å². The van der Waals surface area contributed by atoms with E-state index in [-0.39, 0.29) is 0 Å². The fourth-order valence-electron chi connectivity index (χ4n) is 0.335. The Morgan fingerprint density at radius 3 is 3.11 bits per heavy atom. The Labute approximate surface area is 66.5 Å². The summed E-state index contributed by atoms with van der Waals surface area (Å²) in [5, 5.41) is 0. The van der Waals surface area contributed by atoms with Crippen LogP contribution in [0.15, 0.2) is 32.0 Å². The first-order chi connectivity index (χ1) is 4.39. The van der Waals surface area contributed by atoms with E-state index < -0.39 is 0 Å². The van der Waals surface area contributed by atoms with E-state index in [0.717, 1.165) is 3.58 Å². The molecule has 2 nitrogen and oxygen atoms in total. The maximum atomic E-state index is 3.77. The lowest BCUT2D eigenvalue weighted by atomic mass is 10.6. The van der Waals surface area contributed by atoms with Gasteiger partial charge in [-0.05, 0) is 28.5 Å². The van der Waals surface area contributed by atoms with Gasteiger partial charge in [-0.1, -0.05) is 0 Å². The minimum Gasteiger partial charge on any atom is -0.211 e. The normalized spacial score (nSPS) is 20.8. The summed E-state index contributed by atoms with van der Waals surface area (Å²) in [7, 11) is 0. The summed E-state index contributed by atoms with van der Waals surface area (Å²) in [6, 6.07) is 0. The highest BCUT2D eigenvalue weighted by molar-refractivity contribution is 14.1. The van der Waals surface area contributed by atoms with E-state index in [1.165, 1.54) is 6.20 Å². The van der Waals surface area contributed by atoms with Crippen LogP contribution in [0.4, 0.5) is 0 Å². The van der Waals surface area contributed by atoms with Gasteiger partial charge in [-0.15, -0.1) is 0 Å². The topological polar surface area (TPSA) is 24.7 Å². The standard InChI is InChI=1S/C6H3IN2/c7-6-1-2-8-3-4-9-5-6/h1,3,5H/b6-5+. The molecule has 44 valence electrons. The second kappa shape index (κ2) is 3.41. The lowest BCUT2D eigenvalue weighted by molar-refractivity contribution is 1.56. The van der Waals surface area contributed by atoms with E-state index in [2.05, 4.69) is 44.3 Å². The molecular weight excluding hydrogens is 227 g/mol. The van der Waals surface area contributed by atoms with Gasteiger partial charge < -0.3 is 0 Å². The van der Waals surface area contributed by atoms with Gasteiger partial charge >= 0.3 is 0 Å². The van der Waals surface area contributed by atoms with Crippen LogP contribution in [0, 0.1) is 0 Å². The second-order valence-electron chi connectivity index (χ2n) is 1.30. The van der Waals surface area contributed by atoms with Crippen molar-refractivity contribution in [2.75, 3.05) is 0 Å². The lowest BCUT2D eigenvalue weighted by Crippen LogP contribution is -1.64. The quantitative estimate of drug-likeness (QED) is 0.565. The van der Waals surface area contributed by atoms with Crippen LogP contribution >= 0.6 is 22.6 Å². The van der Waals surface area contributed by atoms with Crippen molar-refractivity contribution in [1.82, 2.24) is 0 Å². The van der Waals surface area contributed by atoms with E-state index in [1.54, 1.807) is 12.3 Å². The Bertz CT molecular complexity index is 250. The molecule has 0 atom stereocenters. The first-order valence-electron chi connectivity index (χ1n) is 2.31. The van der Waals surface area contributed by atoms with Gasteiger partial charge in [0.1, 0.15) is 0 Å². The molecule has 1 aliphatic heterocycles. The molecule has 3 heteroatoms. The molecule has 0 saturated carbocycles. The Morgan fingerprint density at radius 2 is 2.22 bits per heavy atom. The van der Waals surface area contributed by atoms with Crippen molar-refractivity contribution >= 4 is 34.3 Å². The predicted octanol–water partition coefficient (Wildman–Crippen LogP) is 1.69. The van der Waals surface area contributed by atoms with Crippen LogP contribution in [-0.2, 0) is 0 Å². The van der Waals surface area contributed by atoms with Gasteiger partial charge in [0.2, 0.25) is 0 Å². The first kappa shape index (κ1) is 6.49. The third kappa shape index (κ3) is 2.42. The Balaban J connectivity index is 3.05. The summed E-state index contributed by atoms with van der Waals surface area (Å²) in [5.41, 5.74) is 0. The van der Waals surface area contributed by atoms with Gasteiger partial charge in [0.25, 0.3) is 0 Å². The molecule has 9 heavy (non-hydrogen) atoms. The molecule has 0 unspecified atom stereocenters. The van der Waals surface area contributed by atoms with Crippen LogP contribution in [0.1, 0.15) is 0 Å². The molecule has 1 rings (SSSR count). The molecule has 0 spiro atoms. The first-order valence-corrected chi connectivity index (χ1v) is 3.39. The number of allylic oxidation sites excluding steroid dienone is 2. The smallest absolute Gasteiger partial charge is 0.0981 e. The fourth-order valence-corrected chi connectivity index (χ4v) is 0.613. The molecule has 0 aromatic rings. The van der Waals surface area contributed by atoms with Gasteiger partial charge in [-0.2, -0.15) is 0 Å².